The third-order valence-electron chi connectivity index (χ3n) is 3.85. The van der Waals surface area contributed by atoms with Gasteiger partial charge >= 0.3 is 0 Å². The summed E-state index contributed by atoms with van der Waals surface area (Å²) in [4.78, 5) is 12.2. The fraction of sp³-hybridized carbons (Fsp3) is 0.0500. The molecular formula is C20H17ClN2O4S. The maximum atomic E-state index is 12.6. The van der Waals surface area contributed by atoms with E-state index in [4.69, 9.17) is 11.6 Å². The normalized spacial score (nSPS) is 11.0. The van der Waals surface area contributed by atoms with Crippen molar-refractivity contribution in [3.8, 4) is 5.75 Å². The molecule has 0 spiro atoms. The van der Waals surface area contributed by atoms with Crippen LogP contribution in [0.3, 0.4) is 0 Å². The number of phenols is 1. The first kappa shape index (κ1) is 19.7. The molecule has 3 aromatic rings. The fourth-order valence-electron chi connectivity index (χ4n) is 2.49. The second-order valence-electron chi connectivity index (χ2n) is 6.00. The summed E-state index contributed by atoms with van der Waals surface area (Å²) in [6.07, 6.45) is 0.0924. The Balaban J connectivity index is 1.73. The lowest BCUT2D eigenvalue weighted by Crippen LogP contribution is -2.16. The number of rotatable bonds is 6. The van der Waals surface area contributed by atoms with Crippen molar-refractivity contribution >= 4 is 38.9 Å². The average molecular weight is 417 g/mol. The second-order valence-corrected chi connectivity index (χ2v) is 8.09. The molecule has 0 aliphatic rings. The summed E-state index contributed by atoms with van der Waals surface area (Å²) in [5.74, 6) is -0.188. The Kier molecular flexibility index (Phi) is 5.87. The first-order valence-corrected chi connectivity index (χ1v) is 10.1. The van der Waals surface area contributed by atoms with E-state index >= 15 is 0 Å². The van der Waals surface area contributed by atoms with Crippen LogP contribution in [0.5, 0.6) is 5.75 Å². The van der Waals surface area contributed by atoms with Crippen molar-refractivity contribution in [2.24, 2.45) is 0 Å². The van der Waals surface area contributed by atoms with E-state index in [0.717, 1.165) is 5.56 Å². The number of amides is 1. The van der Waals surface area contributed by atoms with Gasteiger partial charge in [0.15, 0.2) is 0 Å². The highest BCUT2D eigenvalue weighted by molar-refractivity contribution is 7.92. The highest BCUT2D eigenvalue weighted by atomic mass is 35.5. The topological polar surface area (TPSA) is 95.5 Å². The van der Waals surface area contributed by atoms with Crippen molar-refractivity contribution in [3.63, 3.8) is 0 Å². The van der Waals surface area contributed by atoms with Gasteiger partial charge < -0.3 is 10.4 Å². The lowest BCUT2D eigenvalue weighted by atomic mass is 10.1. The number of benzene rings is 3. The first-order chi connectivity index (χ1) is 13.3. The van der Waals surface area contributed by atoms with Crippen LogP contribution < -0.4 is 10.0 Å². The van der Waals surface area contributed by atoms with Gasteiger partial charge in [0.2, 0.25) is 5.91 Å². The maximum Gasteiger partial charge on any atom is 0.262 e. The molecule has 0 saturated carbocycles. The molecule has 0 unspecified atom stereocenters. The predicted molar refractivity (Wildman–Crippen MR) is 109 cm³/mol. The van der Waals surface area contributed by atoms with E-state index in [9.17, 15) is 18.3 Å². The molecule has 8 heteroatoms. The number of phenolic OH excluding ortho intramolecular Hbond substituents is 1. The van der Waals surface area contributed by atoms with Crippen molar-refractivity contribution < 1.29 is 18.3 Å². The van der Waals surface area contributed by atoms with E-state index in [1.807, 2.05) is 0 Å². The SMILES string of the molecule is O=C(Cc1ccc(O)cc1)Nc1cccc(S(=O)(=O)Nc2ccccc2Cl)c1. The summed E-state index contributed by atoms with van der Waals surface area (Å²) in [5.41, 5.74) is 1.34. The summed E-state index contributed by atoms with van der Waals surface area (Å²) >= 11 is 6.01. The van der Waals surface area contributed by atoms with Gasteiger partial charge in [-0.2, -0.15) is 0 Å². The Morgan fingerprint density at radius 2 is 1.68 bits per heavy atom. The van der Waals surface area contributed by atoms with Gasteiger partial charge in [0, 0.05) is 5.69 Å². The monoisotopic (exact) mass is 416 g/mol. The molecule has 1 amide bonds. The van der Waals surface area contributed by atoms with Gasteiger partial charge in [-0.1, -0.05) is 41.9 Å². The highest BCUT2D eigenvalue weighted by Gasteiger charge is 2.16. The van der Waals surface area contributed by atoms with Gasteiger partial charge in [-0.25, -0.2) is 8.42 Å². The quantitative estimate of drug-likeness (QED) is 0.565. The van der Waals surface area contributed by atoms with Crippen LogP contribution in [0.15, 0.2) is 77.7 Å². The Morgan fingerprint density at radius 3 is 2.39 bits per heavy atom. The lowest BCUT2D eigenvalue weighted by molar-refractivity contribution is -0.115. The number of sulfonamides is 1. The number of halogens is 1. The van der Waals surface area contributed by atoms with Crippen LogP contribution in [0.25, 0.3) is 0 Å². The molecule has 6 nitrogen and oxygen atoms in total. The largest absolute Gasteiger partial charge is 0.508 e. The second kappa shape index (κ2) is 8.33. The zero-order chi connectivity index (χ0) is 20.1. The molecule has 0 aromatic heterocycles. The molecule has 0 aliphatic carbocycles. The predicted octanol–water partition coefficient (Wildman–Crippen LogP) is 4.03. The van der Waals surface area contributed by atoms with Crippen molar-refractivity contribution in [1.82, 2.24) is 0 Å². The molecule has 0 heterocycles. The number of para-hydroxylation sites is 1. The van der Waals surface area contributed by atoms with E-state index in [-0.39, 0.29) is 33.7 Å². The molecule has 3 N–H and O–H groups in total. The smallest absolute Gasteiger partial charge is 0.262 e. The number of hydrogen-bond donors (Lipinski definition) is 3. The van der Waals surface area contributed by atoms with E-state index in [1.165, 1.54) is 30.3 Å². The van der Waals surface area contributed by atoms with E-state index in [0.29, 0.717) is 5.69 Å². The van der Waals surface area contributed by atoms with E-state index in [1.54, 1.807) is 42.5 Å². The Morgan fingerprint density at radius 1 is 0.964 bits per heavy atom. The summed E-state index contributed by atoms with van der Waals surface area (Å²) < 4.78 is 27.6. The minimum absolute atomic E-state index is 0.00477. The fourth-order valence-corrected chi connectivity index (χ4v) is 3.86. The summed E-state index contributed by atoms with van der Waals surface area (Å²) in [6.45, 7) is 0. The Bertz CT molecular complexity index is 1100. The van der Waals surface area contributed by atoms with Crippen molar-refractivity contribution in [3.05, 3.63) is 83.4 Å². The van der Waals surface area contributed by atoms with Crippen LogP contribution in [0.4, 0.5) is 11.4 Å². The maximum absolute atomic E-state index is 12.6. The third-order valence-corrected chi connectivity index (χ3v) is 5.54. The lowest BCUT2D eigenvalue weighted by Gasteiger charge is -2.11. The molecule has 0 atom stereocenters. The Hall–Kier alpha value is -3.03. The molecule has 0 bridgehead atoms. The van der Waals surface area contributed by atoms with E-state index in [2.05, 4.69) is 10.0 Å². The zero-order valence-corrected chi connectivity index (χ0v) is 16.2. The molecule has 0 aliphatic heterocycles. The van der Waals surface area contributed by atoms with Gasteiger partial charge in [0.05, 0.1) is 22.0 Å². The van der Waals surface area contributed by atoms with Crippen LogP contribution in [0, 0.1) is 0 Å². The number of aromatic hydroxyl groups is 1. The Labute approximate surface area is 167 Å². The van der Waals surface area contributed by atoms with Crippen LogP contribution >= 0.6 is 11.6 Å². The molecule has 0 fully saturated rings. The van der Waals surface area contributed by atoms with Crippen molar-refractivity contribution in [2.75, 3.05) is 10.0 Å². The average Bonchev–Trinajstić information content (AvgIpc) is 2.65. The molecule has 3 rings (SSSR count). The van der Waals surface area contributed by atoms with Gasteiger partial charge in [-0.05, 0) is 48.0 Å². The first-order valence-electron chi connectivity index (χ1n) is 8.29. The minimum Gasteiger partial charge on any atom is -0.508 e. The number of carbonyl (C=O) groups excluding carboxylic acids is 1. The summed E-state index contributed by atoms with van der Waals surface area (Å²) in [7, 11) is -3.87. The van der Waals surface area contributed by atoms with Gasteiger partial charge in [0.1, 0.15) is 5.75 Å². The van der Waals surface area contributed by atoms with Gasteiger partial charge in [-0.3, -0.25) is 9.52 Å². The zero-order valence-electron chi connectivity index (χ0n) is 14.6. The van der Waals surface area contributed by atoms with Crippen LogP contribution in [0.1, 0.15) is 5.56 Å². The standard InChI is InChI=1S/C20H17ClN2O4S/c21-18-6-1-2-7-19(18)23-28(26,27)17-5-3-4-15(13-17)22-20(25)12-14-8-10-16(24)11-9-14/h1-11,13,23-24H,12H2,(H,22,25). The van der Waals surface area contributed by atoms with Crippen LogP contribution in [-0.2, 0) is 21.2 Å². The third kappa shape index (κ3) is 5.03. The van der Waals surface area contributed by atoms with Crippen molar-refractivity contribution in [1.29, 1.82) is 0 Å². The summed E-state index contributed by atoms with van der Waals surface area (Å²) in [5, 5.41) is 12.2. The minimum atomic E-state index is -3.87. The summed E-state index contributed by atoms with van der Waals surface area (Å²) in [6, 6.07) is 18.7. The number of hydrogen-bond acceptors (Lipinski definition) is 4. The number of carbonyl (C=O) groups is 1. The number of anilines is 2. The highest BCUT2D eigenvalue weighted by Crippen LogP contribution is 2.25. The van der Waals surface area contributed by atoms with Crippen LogP contribution in [-0.4, -0.2) is 19.4 Å². The molecule has 0 radical (unpaired) electrons. The van der Waals surface area contributed by atoms with E-state index < -0.39 is 10.0 Å². The molecular weight excluding hydrogens is 400 g/mol. The van der Waals surface area contributed by atoms with Crippen LogP contribution in [0.2, 0.25) is 5.02 Å². The number of nitrogens with one attached hydrogen (secondary N) is 2. The molecule has 0 saturated heterocycles. The molecule has 28 heavy (non-hydrogen) atoms. The molecule has 3 aromatic carbocycles. The molecule has 144 valence electrons. The van der Waals surface area contributed by atoms with Crippen molar-refractivity contribution in [2.45, 2.75) is 11.3 Å². The van der Waals surface area contributed by atoms with Gasteiger partial charge in [0.25, 0.3) is 10.0 Å². The van der Waals surface area contributed by atoms with Gasteiger partial charge in [-0.15, -0.1) is 0 Å².